The number of hydrogen-bond donors (Lipinski definition) is 3. The summed E-state index contributed by atoms with van der Waals surface area (Å²) in [5, 5.41) is 25.5. The molecule has 0 heterocycles. The molecule has 0 fully saturated rings. The van der Waals surface area contributed by atoms with Crippen molar-refractivity contribution in [2.24, 2.45) is 0 Å². The van der Waals surface area contributed by atoms with Gasteiger partial charge in [-0.25, -0.2) is 0 Å². The summed E-state index contributed by atoms with van der Waals surface area (Å²) in [6, 6.07) is 0. The second-order valence-corrected chi connectivity index (χ2v) is 4.51. The first-order valence-electron chi connectivity index (χ1n) is 6.70. The molecule has 0 saturated carbocycles. The molecular weight excluding hydrogens is 266 g/mol. The molecular formula is C13H27NO6. The Morgan fingerprint density at radius 1 is 0.900 bits per heavy atom. The largest absolute Gasteiger partial charge is 0.394 e. The molecule has 1 atom stereocenters. The van der Waals surface area contributed by atoms with Crippen LogP contribution in [0.25, 0.3) is 0 Å². The van der Waals surface area contributed by atoms with Crippen LogP contribution in [0.15, 0.2) is 0 Å². The van der Waals surface area contributed by atoms with Crippen molar-refractivity contribution in [1.29, 1.82) is 5.41 Å². The van der Waals surface area contributed by atoms with Gasteiger partial charge in [-0.2, -0.15) is 0 Å². The molecule has 0 bridgehead atoms. The van der Waals surface area contributed by atoms with E-state index in [4.69, 9.17) is 29.5 Å². The van der Waals surface area contributed by atoms with Crippen molar-refractivity contribution in [1.82, 2.24) is 0 Å². The van der Waals surface area contributed by atoms with E-state index in [1.54, 1.807) is 13.8 Å². The predicted molar refractivity (Wildman–Crippen MR) is 74.4 cm³/mol. The van der Waals surface area contributed by atoms with Gasteiger partial charge in [0.05, 0.1) is 59.5 Å². The van der Waals surface area contributed by atoms with Gasteiger partial charge in [0.2, 0.25) is 0 Å². The summed E-state index contributed by atoms with van der Waals surface area (Å²) >= 11 is 0. The monoisotopic (exact) mass is 293 g/mol. The number of hydrogen-bond acceptors (Lipinski definition) is 7. The van der Waals surface area contributed by atoms with E-state index in [9.17, 15) is 5.11 Å². The van der Waals surface area contributed by atoms with Crippen molar-refractivity contribution in [3.8, 4) is 0 Å². The Labute approximate surface area is 120 Å². The Hall–Kier alpha value is -0.570. The second-order valence-electron chi connectivity index (χ2n) is 4.51. The average Bonchev–Trinajstić information content (AvgIpc) is 2.39. The van der Waals surface area contributed by atoms with E-state index in [2.05, 4.69) is 0 Å². The van der Waals surface area contributed by atoms with Gasteiger partial charge >= 0.3 is 0 Å². The number of aliphatic hydroxyl groups excluding tert-OH is 1. The highest BCUT2D eigenvalue weighted by Crippen LogP contribution is 2.05. The Morgan fingerprint density at radius 3 is 1.70 bits per heavy atom. The first-order chi connectivity index (χ1) is 9.50. The van der Waals surface area contributed by atoms with Gasteiger partial charge in [0, 0.05) is 5.71 Å². The van der Waals surface area contributed by atoms with Crippen LogP contribution in [0.4, 0.5) is 0 Å². The smallest absolute Gasteiger partial charge is 0.122 e. The van der Waals surface area contributed by atoms with Crippen molar-refractivity contribution >= 4 is 5.71 Å². The molecule has 0 aliphatic heterocycles. The number of aliphatic hydroxyl groups is 2. The van der Waals surface area contributed by atoms with Gasteiger partial charge in [0.15, 0.2) is 0 Å². The predicted octanol–water partition coefficient (Wildman–Crippen LogP) is -0.164. The summed E-state index contributed by atoms with van der Waals surface area (Å²) in [5.74, 6) is 0. The van der Waals surface area contributed by atoms with Crippen molar-refractivity contribution in [3.05, 3.63) is 0 Å². The van der Waals surface area contributed by atoms with Crippen LogP contribution in [0.1, 0.15) is 13.8 Å². The summed E-state index contributed by atoms with van der Waals surface area (Å²) in [6.07, 6.45) is 0. The molecule has 0 rings (SSSR count). The lowest BCUT2D eigenvalue weighted by atomic mass is 10.0. The summed E-state index contributed by atoms with van der Waals surface area (Å²) in [7, 11) is 0. The van der Waals surface area contributed by atoms with Gasteiger partial charge in [-0.1, -0.05) is 0 Å². The Bertz CT molecular complexity index is 247. The molecule has 0 aliphatic rings. The zero-order valence-corrected chi connectivity index (χ0v) is 12.4. The number of nitrogens with one attached hydrogen (secondary N) is 1. The van der Waals surface area contributed by atoms with Crippen molar-refractivity contribution < 1.29 is 29.2 Å². The average molecular weight is 293 g/mol. The molecule has 0 aromatic carbocycles. The van der Waals surface area contributed by atoms with Crippen LogP contribution in [0, 0.1) is 5.41 Å². The summed E-state index contributed by atoms with van der Waals surface area (Å²) < 4.78 is 20.8. The van der Waals surface area contributed by atoms with Gasteiger partial charge in [0.25, 0.3) is 0 Å². The van der Waals surface area contributed by atoms with Gasteiger partial charge in [-0.3, -0.25) is 0 Å². The van der Waals surface area contributed by atoms with Gasteiger partial charge in [-0.15, -0.1) is 0 Å². The van der Waals surface area contributed by atoms with E-state index in [-0.39, 0.29) is 18.9 Å². The minimum absolute atomic E-state index is 0.0213. The molecule has 20 heavy (non-hydrogen) atoms. The quantitative estimate of drug-likeness (QED) is 0.304. The van der Waals surface area contributed by atoms with Crippen LogP contribution < -0.4 is 0 Å². The van der Waals surface area contributed by atoms with Crippen LogP contribution in [-0.2, 0) is 18.9 Å². The minimum atomic E-state index is -1.21. The summed E-state index contributed by atoms with van der Waals surface area (Å²) in [4.78, 5) is 0. The normalized spacial score (nSPS) is 14.2. The lowest BCUT2D eigenvalue weighted by Gasteiger charge is -2.21. The highest BCUT2D eigenvalue weighted by atomic mass is 16.6. The number of rotatable bonds is 14. The van der Waals surface area contributed by atoms with Crippen molar-refractivity contribution in [2.45, 2.75) is 19.4 Å². The molecule has 3 N–H and O–H groups in total. The van der Waals surface area contributed by atoms with Crippen LogP contribution in [-0.4, -0.2) is 81.0 Å². The minimum Gasteiger partial charge on any atom is -0.394 e. The molecule has 0 aromatic heterocycles. The topological polar surface area (TPSA) is 101 Å². The highest BCUT2D eigenvalue weighted by Gasteiger charge is 2.22. The fourth-order valence-corrected chi connectivity index (χ4v) is 1.10. The fourth-order valence-electron chi connectivity index (χ4n) is 1.10. The Morgan fingerprint density at radius 2 is 1.30 bits per heavy atom. The maximum atomic E-state index is 9.72. The van der Waals surface area contributed by atoms with E-state index in [0.717, 1.165) is 0 Å². The third-order valence-corrected chi connectivity index (χ3v) is 2.54. The molecule has 1 unspecified atom stereocenters. The second kappa shape index (κ2) is 12.2. The van der Waals surface area contributed by atoms with Crippen molar-refractivity contribution in [3.63, 3.8) is 0 Å². The van der Waals surface area contributed by atoms with Crippen LogP contribution >= 0.6 is 0 Å². The zero-order valence-electron chi connectivity index (χ0n) is 12.4. The summed E-state index contributed by atoms with van der Waals surface area (Å²) in [6.45, 7) is 6.17. The van der Waals surface area contributed by atoms with Crippen LogP contribution in [0.3, 0.4) is 0 Å². The van der Waals surface area contributed by atoms with Crippen molar-refractivity contribution in [2.75, 3.05) is 59.5 Å². The molecule has 0 aliphatic carbocycles. The first-order valence-corrected chi connectivity index (χ1v) is 6.70. The molecule has 0 amide bonds. The Kier molecular flexibility index (Phi) is 11.8. The highest BCUT2D eigenvalue weighted by molar-refractivity contribution is 5.86. The van der Waals surface area contributed by atoms with Gasteiger partial charge < -0.3 is 34.6 Å². The molecule has 7 heteroatoms. The lowest BCUT2D eigenvalue weighted by Crippen LogP contribution is -2.38. The zero-order chi connectivity index (χ0) is 15.3. The molecule has 0 radical (unpaired) electrons. The Balaban J connectivity index is 3.19. The molecule has 120 valence electrons. The lowest BCUT2D eigenvalue weighted by molar-refractivity contribution is -0.0276. The van der Waals surface area contributed by atoms with Crippen LogP contribution in [0.2, 0.25) is 0 Å². The third-order valence-electron chi connectivity index (χ3n) is 2.54. The maximum Gasteiger partial charge on any atom is 0.122 e. The summed E-state index contributed by atoms with van der Waals surface area (Å²) in [5.41, 5.74) is -1.03. The standard InChI is InChI=1S/C13H27NO6/c1-12(14)13(2,16)11-20-10-9-19-8-7-18-6-5-17-4-3-15/h14-16H,3-11H2,1-2H3. The fraction of sp³-hybridized carbons (Fsp3) is 0.923. The molecule has 0 spiro atoms. The third kappa shape index (κ3) is 11.3. The molecule has 7 nitrogen and oxygen atoms in total. The SMILES string of the molecule is CC(=N)C(C)(O)COCCOCCOCCOCCO. The van der Waals surface area contributed by atoms with Gasteiger partial charge in [0.1, 0.15) is 5.60 Å². The number of ether oxygens (including phenoxy) is 4. The maximum absolute atomic E-state index is 9.72. The van der Waals surface area contributed by atoms with Gasteiger partial charge in [-0.05, 0) is 13.8 Å². The van der Waals surface area contributed by atoms with E-state index in [1.165, 1.54) is 0 Å². The van der Waals surface area contributed by atoms with E-state index in [1.807, 2.05) is 0 Å². The van der Waals surface area contributed by atoms with Crippen LogP contribution in [0.5, 0.6) is 0 Å². The van der Waals surface area contributed by atoms with E-state index >= 15 is 0 Å². The van der Waals surface area contributed by atoms with E-state index in [0.29, 0.717) is 46.2 Å². The molecule has 0 saturated heterocycles. The van der Waals surface area contributed by atoms with E-state index < -0.39 is 5.60 Å². The molecule has 0 aromatic rings. The first kappa shape index (κ1) is 19.4.